The zero-order valence-corrected chi connectivity index (χ0v) is 12.2. The third-order valence-corrected chi connectivity index (χ3v) is 3.34. The van der Waals surface area contributed by atoms with Crippen LogP contribution in [0.1, 0.15) is 44.5 Å². The standard InChI is InChI=1S/C14H23N5/c1-5-10-11(7-15)14(19-18-12(10)6-2)17-13(8-16)9(3)4/h9,13H,5-6,8,16H2,1-4H3,(H,17,19). The lowest BCUT2D eigenvalue weighted by molar-refractivity contribution is 0.529. The molecule has 0 spiro atoms. The lowest BCUT2D eigenvalue weighted by atomic mass is 10.0. The summed E-state index contributed by atoms with van der Waals surface area (Å²) in [4.78, 5) is 0. The molecule has 3 N–H and O–H groups in total. The molecule has 1 aromatic heterocycles. The number of aromatic nitrogens is 2. The molecule has 1 unspecified atom stereocenters. The van der Waals surface area contributed by atoms with E-state index in [1.54, 1.807) is 0 Å². The fourth-order valence-corrected chi connectivity index (χ4v) is 2.07. The minimum atomic E-state index is 0.0959. The summed E-state index contributed by atoms with van der Waals surface area (Å²) in [5.41, 5.74) is 8.24. The Hall–Kier alpha value is -1.67. The summed E-state index contributed by atoms with van der Waals surface area (Å²) in [7, 11) is 0. The summed E-state index contributed by atoms with van der Waals surface area (Å²) in [6.45, 7) is 8.73. The Labute approximate surface area is 115 Å². The summed E-state index contributed by atoms with van der Waals surface area (Å²) >= 11 is 0. The van der Waals surface area contributed by atoms with Crippen LogP contribution < -0.4 is 11.1 Å². The maximum absolute atomic E-state index is 9.39. The van der Waals surface area contributed by atoms with E-state index >= 15 is 0 Å². The van der Waals surface area contributed by atoms with Crippen LogP contribution in [0.4, 0.5) is 5.82 Å². The Morgan fingerprint density at radius 3 is 2.37 bits per heavy atom. The van der Waals surface area contributed by atoms with Crippen molar-refractivity contribution in [3.05, 3.63) is 16.8 Å². The third kappa shape index (κ3) is 3.42. The number of rotatable bonds is 6. The molecule has 0 radical (unpaired) electrons. The van der Waals surface area contributed by atoms with Gasteiger partial charge in [0.05, 0.1) is 5.69 Å². The van der Waals surface area contributed by atoms with E-state index in [1.165, 1.54) is 0 Å². The molecule has 0 aliphatic rings. The molecular weight excluding hydrogens is 238 g/mol. The largest absolute Gasteiger partial charge is 0.363 e. The normalized spacial score (nSPS) is 12.3. The van der Waals surface area contributed by atoms with E-state index in [2.05, 4.69) is 35.4 Å². The van der Waals surface area contributed by atoms with Gasteiger partial charge >= 0.3 is 0 Å². The zero-order chi connectivity index (χ0) is 14.4. The van der Waals surface area contributed by atoms with Crippen molar-refractivity contribution in [2.24, 2.45) is 11.7 Å². The highest BCUT2D eigenvalue weighted by Crippen LogP contribution is 2.21. The average molecular weight is 261 g/mol. The van der Waals surface area contributed by atoms with Gasteiger partial charge in [-0.2, -0.15) is 10.4 Å². The van der Waals surface area contributed by atoms with E-state index in [0.717, 1.165) is 24.1 Å². The topological polar surface area (TPSA) is 87.6 Å². The molecule has 1 aromatic rings. The van der Waals surface area contributed by atoms with Crippen LogP contribution in [0.3, 0.4) is 0 Å². The molecule has 0 aliphatic carbocycles. The number of nitrogens with one attached hydrogen (secondary N) is 1. The molecule has 0 aliphatic heterocycles. The fourth-order valence-electron chi connectivity index (χ4n) is 2.07. The summed E-state index contributed by atoms with van der Waals surface area (Å²) in [5.74, 6) is 0.926. The van der Waals surface area contributed by atoms with Gasteiger partial charge in [-0.15, -0.1) is 5.10 Å². The van der Waals surface area contributed by atoms with E-state index in [0.29, 0.717) is 23.8 Å². The smallest absolute Gasteiger partial charge is 0.167 e. The first-order chi connectivity index (χ1) is 9.08. The van der Waals surface area contributed by atoms with Crippen molar-refractivity contribution < 1.29 is 0 Å². The van der Waals surface area contributed by atoms with Crippen LogP contribution in [-0.2, 0) is 12.8 Å². The van der Waals surface area contributed by atoms with E-state index in [1.807, 2.05) is 13.8 Å². The molecule has 1 heterocycles. The summed E-state index contributed by atoms with van der Waals surface area (Å²) < 4.78 is 0. The molecule has 19 heavy (non-hydrogen) atoms. The molecule has 1 rings (SSSR count). The number of aryl methyl sites for hydroxylation is 1. The Morgan fingerprint density at radius 1 is 1.26 bits per heavy atom. The minimum absolute atomic E-state index is 0.0959. The zero-order valence-electron chi connectivity index (χ0n) is 12.2. The van der Waals surface area contributed by atoms with E-state index in [4.69, 9.17) is 5.73 Å². The third-order valence-electron chi connectivity index (χ3n) is 3.34. The Morgan fingerprint density at radius 2 is 1.95 bits per heavy atom. The van der Waals surface area contributed by atoms with Crippen LogP contribution >= 0.6 is 0 Å². The highest BCUT2D eigenvalue weighted by Gasteiger charge is 2.18. The first kappa shape index (κ1) is 15.4. The summed E-state index contributed by atoms with van der Waals surface area (Å²) in [6.07, 6.45) is 1.57. The van der Waals surface area contributed by atoms with Crippen LogP contribution in [-0.4, -0.2) is 22.8 Å². The van der Waals surface area contributed by atoms with Crippen molar-refractivity contribution in [3.8, 4) is 6.07 Å². The van der Waals surface area contributed by atoms with E-state index in [-0.39, 0.29) is 6.04 Å². The molecule has 5 heteroatoms. The second-order valence-electron chi connectivity index (χ2n) is 4.90. The van der Waals surface area contributed by atoms with Crippen molar-refractivity contribution in [3.63, 3.8) is 0 Å². The van der Waals surface area contributed by atoms with Gasteiger partial charge in [-0.3, -0.25) is 0 Å². The number of anilines is 1. The predicted molar refractivity (Wildman–Crippen MR) is 76.8 cm³/mol. The molecule has 0 amide bonds. The number of nitrogens with two attached hydrogens (primary N) is 1. The number of nitriles is 1. The Bertz CT molecular complexity index is 462. The Balaban J connectivity index is 3.19. The van der Waals surface area contributed by atoms with Crippen molar-refractivity contribution in [1.82, 2.24) is 10.2 Å². The van der Waals surface area contributed by atoms with E-state index < -0.39 is 0 Å². The summed E-state index contributed by atoms with van der Waals surface area (Å²) in [5, 5.41) is 21.0. The van der Waals surface area contributed by atoms with Gasteiger partial charge < -0.3 is 11.1 Å². The van der Waals surface area contributed by atoms with Crippen LogP contribution in [0.2, 0.25) is 0 Å². The van der Waals surface area contributed by atoms with Gasteiger partial charge in [0.1, 0.15) is 11.6 Å². The van der Waals surface area contributed by atoms with Gasteiger partial charge in [0.15, 0.2) is 5.82 Å². The quantitative estimate of drug-likeness (QED) is 0.816. The van der Waals surface area contributed by atoms with Crippen molar-refractivity contribution >= 4 is 5.82 Å². The van der Waals surface area contributed by atoms with Crippen LogP contribution in [0.15, 0.2) is 0 Å². The molecule has 5 nitrogen and oxygen atoms in total. The summed E-state index contributed by atoms with van der Waals surface area (Å²) in [6, 6.07) is 2.35. The second kappa shape index (κ2) is 7.05. The molecule has 0 bridgehead atoms. The van der Waals surface area contributed by atoms with Gasteiger partial charge in [-0.1, -0.05) is 27.7 Å². The monoisotopic (exact) mass is 261 g/mol. The molecule has 0 saturated carbocycles. The maximum Gasteiger partial charge on any atom is 0.167 e. The minimum Gasteiger partial charge on any atom is -0.363 e. The van der Waals surface area contributed by atoms with Gasteiger partial charge in [-0.25, -0.2) is 0 Å². The van der Waals surface area contributed by atoms with Gasteiger partial charge in [-0.05, 0) is 24.3 Å². The molecular formula is C14H23N5. The van der Waals surface area contributed by atoms with Crippen molar-refractivity contribution in [2.45, 2.75) is 46.6 Å². The highest BCUT2D eigenvalue weighted by molar-refractivity contribution is 5.57. The molecule has 1 atom stereocenters. The van der Waals surface area contributed by atoms with Crippen LogP contribution in [0.25, 0.3) is 0 Å². The SMILES string of the molecule is CCc1nnc(NC(CN)C(C)C)c(C#N)c1CC. The molecule has 0 aromatic carbocycles. The lowest BCUT2D eigenvalue weighted by Crippen LogP contribution is -2.34. The van der Waals surface area contributed by atoms with Crippen LogP contribution in [0.5, 0.6) is 0 Å². The van der Waals surface area contributed by atoms with Gasteiger partial charge in [0.2, 0.25) is 0 Å². The predicted octanol–water partition coefficient (Wildman–Crippen LogP) is 1.87. The number of hydrogen-bond donors (Lipinski definition) is 2. The molecule has 0 fully saturated rings. The van der Waals surface area contributed by atoms with Crippen LogP contribution in [0, 0.1) is 17.2 Å². The first-order valence-corrected chi connectivity index (χ1v) is 6.84. The average Bonchev–Trinajstić information content (AvgIpc) is 2.42. The van der Waals surface area contributed by atoms with Crippen molar-refractivity contribution in [1.29, 1.82) is 5.26 Å². The molecule has 0 saturated heterocycles. The first-order valence-electron chi connectivity index (χ1n) is 6.84. The van der Waals surface area contributed by atoms with Gasteiger partial charge in [0, 0.05) is 12.6 Å². The Kier molecular flexibility index (Phi) is 5.71. The number of hydrogen-bond acceptors (Lipinski definition) is 5. The van der Waals surface area contributed by atoms with Crippen molar-refractivity contribution in [2.75, 3.05) is 11.9 Å². The maximum atomic E-state index is 9.39. The van der Waals surface area contributed by atoms with E-state index in [9.17, 15) is 5.26 Å². The van der Waals surface area contributed by atoms with Gasteiger partial charge in [0.25, 0.3) is 0 Å². The fraction of sp³-hybridized carbons (Fsp3) is 0.643. The highest BCUT2D eigenvalue weighted by atomic mass is 15.2. The lowest BCUT2D eigenvalue weighted by Gasteiger charge is -2.22. The number of nitrogens with zero attached hydrogens (tertiary/aromatic N) is 3. The molecule has 104 valence electrons. The second-order valence-corrected chi connectivity index (χ2v) is 4.90.